The Morgan fingerprint density at radius 1 is 1.23 bits per heavy atom. The fourth-order valence-corrected chi connectivity index (χ4v) is 4.89. The summed E-state index contributed by atoms with van der Waals surface area (Å²) in [5.41, 5.74) is -1.41. The molecule has 1 aromatic carbocycles. The standard InChI is InChI=1S/C29H36F6N6O3/c1-7-9-21(28(30,31)32)14-19(4)17-39(26-36-38-40(37-26)12-8-13-43-6)25-15-20(5)41(27(42)44-18(2)3)24-11-10-22(16-23(24)25)29(33,34)35/h7,9-11,14,16,18,20,25H,1,8,12-13,15,17H2,2-6H3/b19-14+,21-9+. The van der Waals surface area contributed by atoms with E-state index in [1.165, 1.54) is 34.7 Å². The van der Waals surface area contributed by atoms with Gasteiger partial charge in [-0.3, -0.25) is 4.90 Å². The maximum atomic E-state index is 13.9. The van der Waals surface area contributed by atoms with Crippen LogP contribution >= 0.6 is 0 Å². The largest absolute Gasteiger partial charge is 0.446 e. The molecule has 1 aliphatic rings. The van der Waals surface area contributed by atoms with E-state index in [2.05, 4.69) is 22.0 Å². The van der Waals surface area contributed by atoms with Crippen molar-refractivity contribution in [2.45, 2.75) is 77.6 Å². The average molecular weight is 631 g/mol. The Kier molecular flexibility index (Phi) is 11.2. The molecule has 0 fully saturated rings. The molecule has 0 N–H and O–H groups in total. The second-order valence-electron chi connectivity index (χ2n) is 10.7. The molecule has 0 saturated heterocycles. The van der Waals surface area contributed by atoms with Crippen molar-refractivity contribution in [1.29, 1.82) is 0 Å². The number of fused-ring (bicyclic) bond motifs is 1. The maximum absolute atomic E-state index is 13.9. The second-order valence-corrected chi connectivity index (χ2v) is 10.7. The van der Waals surface area contributed by atoms with Crippen molar-refractivity contribution in [3.63, 3.8) is 0 Å². The van der Waals surface area contributed by atoms with Gasteiger partial charge in [-0.1, -0.05) is 29.4 Å². The van der Waals surface area contributed by atoms with Gasteiger partial charge in [-0.15, -0.1) is 5.10 Å². The molecule has 2 atom stereocenters. The van der Waals surface area contributed by atoms with Gasteiger partial charge >= 0.3 is 18.4 Å². The van der Waals surface area contributed by atoms with Crippen molar-refractivity contribution in [2.24, 2.45) is 0 Å². The number of nitrogens with zero attached hydrogens (tertiary/aromatic N) is 6. The predicted octanol–water partition coefficient (Wildman–Crippen LogP) is 7.04. The van der Waals surface area contributed by atoms with Crippen LogP contribution in [0.1, 0.15) is 57.7 Å². The van der Waals surface area contributed by atoms with E-state index in [4.69, 9.17) is 9.47 Å². The lowest BCUT2D eigenvalue weighted by atomic mass is 9.89. The fourth-order valence-electron chi connectivity index (χ4n) is 4.89. The van der Waals surface area contributed by atoms with Crippen LogP contribution in [0.5, 0.6) is 0 Å². The third-order valence-corrected chi connectivity index (χ3v) is 6.74. The summed E-state index contributed by atoms with van der Waals surface area (Å²) in [7, 11) is 1.53. The Balaban J connectivity index is 2.18. The van der Waals surface area contributed by atoms with Crippen molar-refractivity contribution in [1.82, 2.24) is 20.2 Å². The van der Waals surface area contributed by atoms with Crippen LogP contribution < -0.4 is 9.80 Å². The summed E-state index contributed by atoms with van der Waals surface area (Å²) in [6, 6.07) is 1.55. The second kappa shape index (κ2) is 14.3. The zero-order valence-corrected chi connectivity index (χ0v) is 25.1. The topological polar surface area (TPSA) is 85.6 Å². The molecule has 1 aliphatic heterocycles. The summed E-state index contributed by atoms with van der Waals surface area (Å²) in [6.45, 7) is 10.3. The van der Waals surface area contributed by atoms with Crippen molar-refractivity contribution < 1.29 is 40.6 Å². The minimum atomic E-state index is -4.70. The minimum Gasteiger partial charge on any atom is -0.446 e. The summed E-state index contributed by atoms with van der Waals surface area (Å²) < 4.78 is 93.1. The molecule has 2 aromatic rings. The first-order valence-corrected chi connectivity index (χ1v) is 13.9. The van der Waals surface area contributed by atoms with Crippen LogP contribution in [0.3, 0.4) is 0 Å². The lowest BCUT2D eigenvalue weighted by molar-refractivity contribution is -0.137. The van der Waals surface area contributed by atoms with Crippen molar-refractivity contribution >= 4 is 17.7 Å². The highest BCUT2D eigenvalue weighted by Gasteiger charge is 2.41. The lowest BCUT2D eigenvalue weighted by Gasteiger charge is -2.43. The Labute approximate surface area is 251 Å². The molecule has 15 heteroatoms. The highest BCUT2D eigenvalue weighted by Crippen LogP contribution is 2.44. The molecule has 9 nitrogen and oxygen atoms in total. The first kappa shape index (κ1) is 34.6. The number of alkyl halides is 6. The first-order chi connectivity index (χ1) is 20.6. The fraction of sp³-hybridized carbons (Fsp3) is 0.517. The number of hydrogen-bond donors (Lipinski definition) is 0. The molecular formula is C29H36F6N6O3. The van der Waals surface area contributed by atoms with Gasteiger partial charge in [-0.05, 0) is 75.6 Å². The molecule has 0 radical (unpaired) electrons. The van der Waals surface area contributed by atoms with Crippen molar-refractivity contribution in [3.8, 4) is 0 Å². The Morgan fingerprint density at radius 2 is 1.93 bits per heavy atom. The van der Waals surface area contributed by atoms with Gasteiger partial charge in [0.25, 0.3) is 5.95 Å². The number of aromatic nitrogens is 4. The number of anilines is 2. The maximum Gasteiger partial charge on any atom is 0.416 e. The summed E-state index contributed by atoms with van der Waals surface area (Å²) in [6.07, 6.45) is -7.20. The molecule has 0 aliphatic carbocycles. The van der Waals surface area contributed by atoms with Gasteiger partial charge in [0.05, 0.1) is 35.5 Å². The molecule has 3 rings (SSSR count). The predicted molar refractivity (Wildman–Crippen MR) is 152 cm³/mol. The molecule has 0 spiro atoms. The van der Waals surface area contributed by atoms with Crippen LogP contribution in [-0.4, -0.2) is 64.9 Å². The van der Waals surface area contributed by atoms with E-state index in [1.54, 1.807) is 20.8 Å². The number of aryl methyl sites for hydroxylation is 1. The summed E-state index contributed by atoms with van der Waals surface area (Å²) in [5.74, 6) is -0.00445. The van der Waals surface area contributed by atoms with E-state index >= 15 is 0 Å². The van der Waals surface area contributed by atoms with E-state index in [-0.39, 0.29) is 35.7 Å². The van der Waals surface area contributed by atoms with Gasteiger partial charge in [-0.25, -0.2) is 4.79 Å². The Bertz CT molecular complexity index is 1370. The number of rotatable bonds is 11. The average Bonchev–Trinajstić information content (AvgIpc) is 3.38. The van der Waals surface area contributed by atoms with Gasteiger partial charge in [0.2, 0.25) is 0 Å². The third-order valence-electron chi connectivity index (χ3n) is 6.74. The van der Waals surface area contributed by atoms with Crippen molar-refractivity contribution in [2.75, 3.05) is 30.1 Å². The minimum absolute atomic E-state index is 0.00445. The highest BCUT2D eigenvalue weighted by atomic mass is 19.4. The SMILES string of the molecule is C=C/C=C(\C=C(/C)CN(c1nnn(CCCOC)n1)C1CC(C)N(C(=O)OC(C)C)c2ccc(C(F)(F)F)cc21)C(F)(F)F. The van der Waals surface area contributed by atoms with Gasteiger partial charge in [0, 0.05) is 26.3 Å². The van der Waals surface area contributed by atoms with Crippen LogP contribution in [0.4, 0.5) is 42.8 Å². The molecule has 0 bridgehead atoms. The monoisotopic (exact) mass is 630 g/mol. The number of ether oxygens (including phenoxy) is 2. The molecule has 0 saturated carbocycles. The number of carbonyl (C=O) groups is 1. The Morgan fingerprint density at radius 3 is 2.52 bits per heavy atom. The van der Waals surface area contributed by atoms with Crippen LogP contribution in [0.25, 0.3) is 0 Å². The van der Waals surface area contributed by atoms with Crippen molar-refractivity contribution in [3.05, 3.63) is 65.3 Å². The van der Waals surface area contributed by atoms with Crippen LogP contribution in [-0.2, 0) is 22.2 Å². The van der Waals surface area contributed by atoms with E-state index in [0.717, 1.165) is 30.4 Å². The summed E-state index contributed by atoms with van der Waals surface area (Å²) in [4.78, 5) is 17.2. The molecule has 2 heterocycles. The molecule has 2 unspecified atom stereocenters. The number of methoxy groups -OCH3 is 1. The van der Waals surface area contributed by atoms with E-state index in [9.17, 15) is 31.1 Å². The quantitative estimate of drug-likeness (QED) is 0.150. The lowest BCUT2D eigenvalue weighted by Crippen LogP contribution is -2.47. The summed E-state index contributed by atoms with van der Waals surface area (Å²) in [5, 5.41) is 12.5. The van der Waals surface area contributed by atoms with Crippen LogP contribution in [0, 0.1) is 0 Å². The Hall–Kier alpha value is -3.88. The number of amides is 1. The van der Waals surface area contributed by atoms with Crippen LogP contribution in [0.15, 0.2) is 54.2 Å². The first-order valence-electron chi connectivity index (χ1n) is 13.9. The molecule has 242 valence electrons. The molecule has 1 amide bonds. The number of halogens is 6. The smallest absolute Gasteiger partial charge is 0.416 e. The number of hydrogen-bond acceptors (Lipinski definition) is 7. The van der Waals surface area contributed by atoms with Gasteiger partial charge < -0.3 is 14.4 Å². The van der Waals surface area contributed by atoms with E-state index in [1.807, 2.05) is 0 Å². The van der Waals surface area contributed by atoms with Crippen LogP contribution in [0.2, 0.25) is 0 Å². The molecule has 44 heavy (non-hydrogen) atoms. The third kappa shape index (κ3) is 8.61. The van der Waals surface area contributed by atoms with E-state index in [0.29, 0.717) is 19.6 Å². The molecule has 1 aromatic heterocycles. The van der Waals surface area contributed by atoms with Gasteiger partial charge in [-0.2, -0.15) is 31.1 Å². The van der Waals surface area contributed by atoms with E-state index < -0.39 is 47.8 Å². The van der Waals surface area contributed by atoms with Gasteiger partial charge in [0.1, 0.15) is 0 Å². The summed E-state index contributed by atoms with van der Waals surface area (Å²) >= 11 is 0. The number of tetrazole rings is 1. The zero-order chi connectivity index (χ0) is 32.8. The van der Waals surface area contributed by atoms with Gasteiger partial charge in [0.15, 0.2) is 0 Å². The number of allylic oxidation sites excluding steroid dienone is 4. The number of carbonyl (C=O) groups excluding carboxylic acids is 1. The highest BCUT2D eigenvalue weighted by molar-refractivity contribution is 5.90. The zero-order valence-electron chi connectivity index (χ0n) is 25.1. The normalized spacial score (nSPS) is 18.0. The number of benzene rings is 1. The molecular weight excluding hydrogens is 594 g/mol.